The zero-order valence-electron chi connectivity index (χ0n) is 17.9. The third-order valence-electron chi connectivity index (χ3n) is 4.62. The summed E-state index contributed by atoms with van der Waals surface area (Å²) in [7, 11) is 3.05. The first kappa shape index (κ1) is 22.5. The first-order chi connectivity index (χ1) is 15.9. The fourth-order valence-corrected chi connectivity index (χ4v) is 4.16. The number of aromatic nitrogens is 1. The second-order valence-corrected chi connectivity index (χ2v) is 8.07. The Balaban J connectivity index is 1.63. The lowest BCUT2D eigenvalue weighted by atomic mass is 10.2. The van der Waals surface area contributed by atoms with E-state index in [1.807, 2.05) is 0 Å². The molecular formula is C23H18ClN3O5S. The number of esters is 1. The molecule has 10 heteroatoms. The second-order valence-electron chi connectivity index (χ2n) is 6.80. The number of hydrogen-bond donors (Lipinski definition) is 0. The number of benzene rings is 2. The van der Waals surface area contributed by atoms with E-state index in [-0.39, 0.29) is 17.5 Å². The van der Waals surface area contributed by atoms with Gasteiger partial charge in [0.25, 0.3) is 0 Å². The van der Waals surface area contributed by atoms with Gasteiger partial charge >= 0.3 is 5.97 Å². The number of cyclic esters (lactones) is 1. The largest absolute Gasteiger partial charge is 0.493 e. The molecule has 0 N–H and O–H groups in total. The van der Waals surface area contributed by atoms with Crippen LogP contribution in [0.15, 0.2) is 58.5 Å². The van der Waals surface area contributed by atoms with Crippen molar-refractivity contribution >= 4 is 57.6 Å². The van der Waals surface area contributed by atoms with Crippen molar-refractivity contribution < 1.29 is 23.8 Å². The minimum atomic E-state index is -0.604. The van der Waals surface area contributed by atoms with Gasteiger partial charge in [0.2, 0.25) is 11.8 Å². The van der Waals surface area contributed by atoms with Gasteiger partial charge in [-0.25, -0.2) is 14.8 Å². The molecule has 1 aliphatic heterocycles. The normalized spacial score (nSPS) is 14.1. The third kappa shape index (κ3) is 4.74. The van der Waals surface area contributed by atoms with E-state index in [4.69, 9.17) is 25.8 Å². The summed E-state index contributed by atoms with van der Waals surface area (Å²) in [6.07, 6.45) is 1.51. The molecule has 0 saturated carbocycles. The highest BCUT2D eigenvalue weighted by molar-refractivity contribution is 7.14. The molecule has 4 rings (SSSR count). The van der Waals surface area contributed by atoms with E-state index in [2.05, 4.69) is 9.98 Å². The van der Waals surface area contributed by atoms with Crippen molar-refractivity contribution in [1.29, 1.82) is 0 Å². The van der Waals surface area contributed by atoms with E-state index in [0.29, 0.717) is 38.6 Å². The van der Waals surface area contributed by atoms with Crippen LogP contribution in [0.5, 0.6) is 11.5 Å². The van der Waals surface area contributed by atoms with Gasteiger partial charge in [-0.1, -0.05) is 17.7 Å². The van der Waals surface area contributed by atoms with E-state index >= 15 is 0 Å². The van der Waals surface area contributed by atoms with Crippen molar-refractivity contribution in [3.05, 3.63) is 69.8 Å². The number of anilines is 2. The fraction of sp³-hybridized carbons (Fsp3) is 0.130. The predicted molar refractivity (Wildman–Crippen MR) is 127 cm³/mol. The molecule has 33 heavy (non-hydrogen) atoms. The van der Waals surface area contributed by atoms with Crippen molar-refractivity contribution in [2.24, 2.45) is 4.99 Å². The maximum atomic E-state index is 12.4. The van der Waals surface area contributed by atoms with Crippen LogP contribution in [0.2, 0.25) is 5.02 Å². The van der Waals surface area contributed by atoms with Gasteiger partial charge < -0.3 is 14.2 Å². The maximum Gasteiger partial charge on any atom is 0.363 e. The van der Waals surface area contributed by atoms with Crippen LogP contribution in [-0.4, -0.2) is 37.0 Å². The predicted octanol–water partition coefficient (Wildman–Crippen LogP) is 4.84. The Kier molecular flexibility index (Phi) is 6.43. The second kappa shape index (κ2) is 9.43. The third-order valence-corrected chi connectivity index (χ3v) is 5.70. The van der Waals surface area contributed by atoms with Crippen molar-refractivity contribution in [1.82, 2.24) is 4.98 Å². The first-order valence-electron chi connectivity index (χ1n) is 9.66. The summed E-state index contributed by atoms with van der Waals surface area (Å²) in [5.41, 5.74) is 1.71. The molecular weight excluding hydrogens is 466 g/mol. The average Bonchev–Trinajstić information content (AvgIpc) is 3.40. The Hall–Kier alpha value is -3.69. The van der Waals surface area contributed by atoms with Gasteiger partial charge in [-0.2, -0.15) is 0 Å². The molecule has 0 saturated heterocycles. The lowest BCUT2D eigenvalue weighted by molar-refractivity contribution is -0.130. The molecule has 0 fully saturated rings. The Morgan fingerprint density at radius 2 is 1.94 bits per heavy atom. The highest BCUT2D eigenvalue weighted by Crippen LogP contribution is 2.32. The topological polar surface area (TPSA) is 90.3 Å². The van der Waals surface area contributed by atoms with Crippen LogP contribution in [0.1, 0.15) is 18.2 Å². The summed E-state index contributed by atoms with van der Waals surface area (Å²) in [6.45, 7) is 1.44. The standard InChI is InChI=1S/C23H18ClN3O5S/c1-13(28)27(17-6-4-5-15(24)10-17)23-25-16(12-33-23)11-18-22(29)32-21(26-18)14-7-8-19(30-2)20(9-14)31-3/h4-12H,1-3H3/b18-11-. The number of carbonyl (C=O) groups is 2. The molecule has 0 unspecified atom stereocenters. The molecule has 168 valence electrons. The smallest absolute Gasteiger partial charge is 0.363 e. The molecule has 8 nitrogen and oxygen atoms in total. The summed E-state index contributed by atoms with van der Waals surface area (Å²) in [5.74, 6) is 0.353. The van der Waals surface area contributed by atoms with Crippen LogP contribution < -0.4 is 14.4 Å². The number of halogens is 1. The van der Waals surface area contributed by atoms with Crippen LogP contribution in [-0.2, 0) is 14.3 Å². The number of ether oxygens (including phenoxy) is 3. The van der Waals surface area contributed by atoms with Gasteiger partial charge in [-0.15, -0.1) is 11.3 Å². The van der Waals surface area contributed by atoms with Crippen LogP contribution in [0, 0.1) is 0 Å². The van der Waals surface area contributed by atoms with E-state index in [9.17, 15) is 9.59 Å². The summed E-state index contributed by atoms with van der Waals surface area (Å²) in [4.78, 5) is 34.9. The zero-order valence-corrected chi connectivity index (χ0v) is 19.4. The van der Waals surface area contributed by atoms with Crippen molar-refractivity contribution in [2.75, 3.05) is 19.1 Å². The molecule has 2 heterocycles. The van der Waals surface area contributed by atoms with Crippen LogP contribution in [0.3, 0.4) is 0 Å². The van der Waals surface area contributed by atoms with E-state index in [1.165, 1.54) is 43.5 Å². The molecule has 1 aromatic heterocycles. The number of rotatable bonds is 6. The molecule has 0 spiro atoms. The minimum absolute atomic E-state index is 0.0914. The molecule has 0 radical (unpaired) electrons. The SMILES string of the molecule is COc1ccc(C2=N/C(=C\c3csc(N(C(C)=O)c4cccc(Cl)c4)n3)C(=O)O2)cc1OC. The molecule has 1 amide bonds. The number of hydrogen-bond acceptors (Lipinski definition) is 8. The Labute approximate surface area is 198 Å². The van der Waals surface area contributed by atoms with E-state index in [1.54, 1.807) is 47.8 Å². The Morgan fingerprint density at radius 1 is 1.15 bits per heavy atom. The Morgan fingerprint density at radius 3 is 2.64 bits per heavy atom. The summed E-state index contributed by atoms with van der Waals surface area (Å²) in [6, 6.07) is 12.0. The number of aliphatic imine (C=N–C) groups is 1. The summed E-state index contributed by atoms with van der Waals surface area (Å²) in [5, 5.41) is 2.66. The van der Waals surface area contributed by atoms with E-state index in [0.717, 1.165) is 0 Å². The minimum Gasteiger partial charge on any atom is -0.493 e. The zero-order chi connectivity index (χ0) is 23.5. The monoisotopic (exact) mass is 483 g/mol. The number of amides is 1. The average molecular weight is 484 g/mol. The molecule has 0 aliphatic carbocycles. The number of nitrogens with zero attached hydrogens (tertiary/aromatic N) is 3. The van der Waals surface area contributed by atoms with Gasteiger partial charge in [0.1, 0.15) is 0 Å². The van der Waals surface area contributed by atoms with Crippen LogP contribution >= 0.6 is 22.9 Å². The van der Waals surface area contributed by atoms with Crippen molar-refractivity contribution in [2.45, 2.75) is 6.92 Å². The molecule has 3 aromatic rings. The highest BCUT2D eigenvalue weighted by atomic mass is 35.5. The number of carbonyl (C=O) groups excluding carboxylic acids is 2. The van der Waals surface area contributed by atoms with E-state index < -0.39 is 5.97 Å². The fourth-order valence-electron chi connectivity index (χ4n) is 3.13. The maximum absolute atomic E-state index is 12.4. The Bertz CT molecular complexity index is 1300. The molecule has 2 aromatic carbocycles. The lowest BCUT2D eigenvalue weighted by Crippen LogP contribution is -2.22. The van der Waals surface area contributed by atoms with Gasteiger partial charge in [-0.3, -0.25) is 9.69 Å². The number of methoxy groups -OCH3 is 2. The molecule has 0 bridgehead atoms. The highest BCUT2D eigenvalue weighted by Gasteiger charge is 2.26. The first-order valence-corrected chi connectivity index (χ1v) is 10.9. The van der Waals surface area contributed by atoms with Crippen LogP contribution in [0.25, 0.3) is 6.08 Å². The van der Waals surface area contributed by atoms with Gasteiger partial charge in [-0.05, 0) is 42.5 Å². The quantitative estimate of drug-likeness (QED) is 0.368. The van der Waals surface area contributed by atoms with Gasteiger partial charge in [0.15, 0.2) is 22.3 Å². The lowest BCUT2D eigenvalue weighted by Gasteiger charge is -2.18. The van der Waals surface area contributed by atoms with Crippen LogP contribution in [0.4, 0.5) is 10.8 Å². The van der Waals surface area contributed by atoms with Crippen molar-refractivity contribution in [3.8, 4) is 11.5 Å². The molecule has 0 atom stereocenters. The number of thiazole rings is 1. The van der Waals surface area contributed by atoms with Crippen molar-refractivity contribution in [3.63, 3.8) is 0 Å². The van der Waals surface area contributed by atoms with Gasteiger partial charge in [0, 0.05) is 22.9 Å². The summed E-state index contributed by atoms with van der Waals surface area (Å²) < 4.78 is 15.8. The molecule has 1 aliphatic rings. The van der Waals surface area contributed by atoms with Gasteiger partial charge in [0.05, 0.1) is 25.6 Å². The summed E-state index contributed by atoms with van der Waals surface area (Å²) >= 11 is 7.32.